The second-order valence-electron chi connectivity index (χ2n) is 10.9. The highest BCUT2D eigenvalue weighted by atomic mass is 28.4. The molecule has 2 N–H and O–H groups in total. The Morgan fingerprint density at radius 3 is 1.60 bits per heavy atom. The molecule has 0 aromatic carbocycles. The zero-order valence-corrected chi connectivity index (χ0v) is 23.6. The molecule has 0 aliphatic carbocycles. The molecule has 0 heterocycles. The van der Waals surface area contributed by atoms with Gasteiger partial charge in [-0.1, -0.05) is 89.7 Å². The quantitative estimate of drug-likeness (QED) is 0.114. The van der Waals surface area contributed by atoms with Crippen molar-refractivity contribution >= 4 is 16.6 Å². The highest BCUT2D eigenvalue weighted by Gasteiger charge is 2.25. The van der Waals surface area contributed by atoms with Crippen LogP contribution in [0, 0.1) is 0 Å². The third-order valence-electron chi connectivity index (χ3n) is 5.17. The fourth-order valence-corrected chi connectivity index (χ4v) is 5.21. The van der Waals surface area contributed by atoms with Crippen LogP contribution < -0.4 is 5.73 Å². The molecule has 0 rings (SSSR count). The Bertz CT molecular complexity index is 416. The first-order chi connectivity index (χ1) is 14.0. The summed E-state index contributed by atoms with van der Waals surface area (Å²) in [6.07, 6.45) is 22.4. The van der Waals surface area contributed by atoms with Crippen molar-refractivity contribution in [1.29, 1.82) is 0 Å². The Morgan fingerprint density at radius 2 is 1.17 bits per heavy atom. The van der Waals surface area contributed by atoms with Crippen molar-refractivity contribution in [2.45, 2.75) is 142 Å². The Hall–Kier alpha value is 0.0538. The molecule has 0 spiro atoms. The SMILES string of the molecule is CCCCCCCCCCCCCC/C=C/[C@@H](O[Si](C)(C)C)[C@@H](N)CO[Si](C)(C)C. The minimum absolute atomic E-state index is 0.0228. The zero-order valence-electron chi connectivity index (χ0n) is 21.6. The lowest BCUT2D eigenvalue weighted by atomic mass is 10.0. The Balaban J connectivity index is 3.94. The largest absolute Gasteiger partial charge is 0.416 e. The summed E-state index contributed by atoms with van der Waals surface area (Å²) in [6, 6.07) is -0.0818. The minimum Gasteiger partial charge on any atom is -0.416 e. The molecule has 0 saturated carbocycles. The molecule has 0 unspecified atom stereocenters. The van der Waals surface area contributed by atoms with E-state index < -0.39 is 16.6 Å². The second-order valence-corrected chi connectivity index (χ2v) is 19.9. The maximum atomic E-state index is 6.43. The number of rotatable bonds is 20. The lowest BCUT2D eigenvalue weighted by molar-refractivity contribution is 0.163. The molecule has 0 aromatic rings. The standard InChI is InChI=1S/C25H55NO2Si2/c1-8-9-10-11-12-13-14-15-16-17-18-19-20-21-22-25(28-30(5,6)7)24(26)23-27-29(2,3)4/h21-22,24-25H,8-20,23,26H2,1-7H3/b22-21+/t24-,25+/m0/s1. The first-order valence-electron chi connectivity index (χ1n) is 12.8. The third kappa shape index (κ3) is 21.3. The summed E-state index contributed by atoms with van der Waals surface area (Å²) in [4.78, 5) is 0. The molecule has 0 aliphatic rings. The molecule has 180 valence electrons. The van der Waals surface area contributed by atoms with Crippen molar-refractivity contribution < 1.29 is 8.85 Å². The second kappa shape index (κ2) is 17.6. The third-order valence-corrected chi connectivity index (χ3v) is 7.18. The van der Waals surface area contributed by atoms with Crippen LogP contribution in [0.4, 0.5) is 0 Å². The molecular weight excluding hydrogens is 402 g/mol. The van der Waals surface area contributed by atoms with Gasteiger partial charge >= 0.3 is 0 Å². The summed E-state index contributed by atoms with van der Waals surface area (Å²) >= 11 is 0. The molecule has 0 amide bonds. The number of nitrogens with two attached hydrogens (primary N) is 1. The van der Waals surface area contributed by atoms with Gasteiger partial charge in [0.15, 0.2) is 16.6 Å². The first-order valence-corrected chi connectivity index (χ1v) is 19.6. The van der Waals surface area contributed by atoms with Crippen molar-refractivity contribution in [3.63, 3.8) is 0 Å². The van der Waals surface area contributed by atoms with E-state index in [-0.39, 0.29) is 12.1 Å². The van der Waals surface area contributed by atoms with Crippen LogP contribution in [0.5, 0.6) is 0 Å². The van der Waals surface area contributed by atoms with Gasteiger partial charge in [-0.25, -0.2) is 0 Å². The topological polar surface area (TPSA) is 44.5 Å². The van der Waals surface area contributed by atoms with Gasteiger partial charge in [-0.05, 0) is 52.1 Å². The molecule has 0 aliphatic heterocycles. The van der Waals surface area contributed by atoms with Crippen LogP contribution in [-0.2, 0) is 8.85 Å². The van der Waals surface area contributed by atoms with Crippen LogP contribution in [-0.4, -0.2) is 35.4 Å². The van der Waals surface area contributed by atoms with E-state index >= 15 is 0 Å². The summed E-state index contributed by atoms with van der Waals surface area (Å²) in [7, 11) is -3.19. The van der Waals surface area contributed by atoms with E-state index in [9.17, 15) is 0 Å². The summed E-state index contributed by atoms with van der Waals surface area (Å²) in [5.41, 5.74) is 6.43. The molecule has 0 radical (unpaired) electrons. The summed E-state index contributed by atoms with van der Waals surface area (Å²) < 4.78 is 12.4. The van der Waals surface area contributed by atoms with Crippen molar-refractivity contribution in [1.82, 2.24) is 0 Å². The van der Waals surface area contributed by atoms with Crippen molar-refractivity contribution in [2.75, 3.05) is 6.61 Å². The normalized spacial score (nSPS) is 15.1. The van der Waals surface area contributed by atoms with Crippen molar-refractivity contribution in [3.05, 3.63) is 12.2 Å². The van der Waals surface area contributed by atoms with Gasteiger partial charge in [-0.2, -0.15) is 0 Å². The van der Waals surface area contributed by atoms with Crippen LogP contribution >= 0.6 is 0 Å². The molecule has 30 heavy (non-hydrogen) atoms. The maximum Gasteiger partial charge on any atom is 0.184 e. The minimum atomic E-state index is -1.64. The van der Waals surface area contributed by atoms with E-state index in [2.05, 4.69) is 58.4 Å². The fourth-order valence-electron chi connectivity index (χ4n) is 3.45. The Morgan fingerprint density at radius 1 is 0.700 bits per heavy atom. The fraction of sp³-hybridized carbons (Fsp3) is 0.920. The van der Waals surface area contributed by atoms with Gasteiger partial charge in [0, 0.05) is 0 Å². The molecular formula is C25H55NO2Si2. The van der Waals surface area contributed by atoms with Crippen molar-refractivity contribution in [3.8, 4) is 0 Å². The highest BCUT2D eigenvalue weighted by molar-refractivity contribution is 6.70. The Kier molecular flexibility index (Phi) is 17.6. The van der Waals surface area contributed by atoms with Crippen LogP contribution in [0.25, 0.3) is 0 Å². The summed E-state index contributed by atoms with van der Waals surface area (Å²) in [5, 5.41) is 0. The predicted octanol–water partition coefficient (Wildman–Crippen LogP) is 8.03. The average Bonchev–Trinajstić information content (AvgIpc) is 2.63. The molecule has 0 bridgehead atoms. The molecule has 0 fully saturated rings. The smallest absolute Gasteiger partial charge is 0.184 e. The van der Waals surface area contributed by atoms with Gasteiger partial charge in [0.25, 0.3) is 0 Å². The van der Waals surface area contributed by atoms with Gasteiger partial charge in [-0.15, -0.1) is 0 Å². The van der Waals surface area contributed by atoms with E-state index in [1.165, 1.54) is 77.0 Å². The number of unbranched alkanes of at least 4 members (excludes halogenated alkanes) is 12. The van der Waals surface area contributed by atoms with Crippen LogP contribution in [0.3, 0.4) is 0 Å². The van der Waals surface area contributed by atoms with Crippen LogP contribution in [0.1, 0.15) is 90.4 Å². The van der Waals surface area contributed by atoms with E-state index in [0.29, 0.717) is 6.61 Å². The maximum absolute atomic E-state index is 6.43. The zero-order chi connectivity index (χ0) is 22.9. The summed E-state index contributed by atoms with van der Waals surface area (Å²) in [6.45, 7) is 16.2. The van der Waals surface area contributed by atoms with Gasteiger partial charge in [0.2, 0.25) is 0 Å². The lowest BCUT2D eigenvalue weighted by Crippen LogP contribution is -2.46. The van der Waals surface area contributed by atoms with Gasteiger partial charge in [0.05, 0.1) is 18.8 Å². The van der Waals surface area contributed by atoms with E-state index in [4.69, 9.17) is 14.6 Å². The molecule has 3 nitrogen and oxygen atoms in total. The number of hydrogen-bond acceptors (Lipinski definition) is 3. The lowest BCUT2D eigenvalue weighted by Gasteiger charge is -2.30. The Labute approximate surface area is 191 Å². The van der Waals surface area contributed by atoms with Crippen LogP contribution in [0.2, 0.25) is 39.3 Å². The van der Waals surface area contributed by atoms with Gasteiger partial charge in [-0.3, -0.25) is 0 Å². The van der Waals surface area contributed by atoms with E-state index in [1.807, 2.05) is 0 Å². The van der Waals surface area contributed by atoms with Gasteiger partial charge < -0.3 is 14.6 Å². The molecule has 5 heteroatoms. The first kappa shape index (κ1) is 30.1. The van der Waals surface area contributed by atoms with Crippen molar-refractivity contribution in [2.24, 2.45) is 5.73 Å². The predicted molar refractivity (Wildman–Crippen MR) is 140 cm³/mol. The summed E-state index contributed by atoms with van der Waals surface area (Å²) in [5.74, 6) is 0. The average molecular weight is 458 g/mol. The molecule has 2 atom stereocenters. The number of allylic oxidation sites excluding steroid dienone is 1. The van der Waals surface area contributed by atoms with Crippen LogP contribution in [0.15, 0.2) is 12.2 Å². The monoisotopic (exact) mass is 457 g/mol. The van der Waals surface area contributed by atoms with Gasteiger partial charge in [0.1, 0.15) is 0 Å². The molecule has 0 saturated heterocycles. The van der Waals surface area contributed by atoms with E-state index in [0.717, 1.165) is 6.42 Å². The van der Waals surface area contributed by atoms with E-state index in [1.54, 1.807) is 0 Å². The highest BCUT2D eigenvalue weighted by Crippen LogP contribution is 2.15. The molecule has 0 aromatic heterocycles. The number of hydrogen-bond donors (Lipinski definition) is 1.